The molecule has 0 aromatic carbocycles. The van der Waals surface area contributed by atoms with Crippen LogP contribution in [0.5, 0.6) is 0 Å². The summed E-state index contributed by atoms with van der Waals surface area (Å²) in [4.78, 5) is 0. The molecule has 1 aliphatic heterocycles. The monoisotopic (exact) mass is 270 g/mol. The van der Waals surface area contributed by atoms with E-state index in [1.165, 1.54) is 25.7 Å². The third kappa shape index (κ3) is 2.97. The van der Waals surface area contributed by atoms with Crippen LogP contribution in [-0.4, -0.2) is 31.0 Å². The molecule has 1 saturated heterocycles. The molecule has 4 heteroatoms. The third-order valence-corrected chi connectivity index (χ3v) is 5.52. The molecule has 19 heavy (non-hydrogen) atoms. The molecule has 1 heterocycles. The van der Waals surface area contributed by atoms with Gasteiger partial charge in [0.05, 0.1) is 17.2 Å². The Labute approximate surface area is 117 Å². The van der Waals surface area contributed by atoms with Crippen molar-refractivity contribution < 1.29 is 9.47 Å². The Morgan fingerprint density at radius 3 is 2.68 bits per heavy atom. The molecule has 0 radical (unpaired) electrons. The molecule has 0 bridgehead atoms. The average Bonchev–Trinajstić information content (AvgIpc) is 2.87. The first kappa shape index (κ1) is 15.2. The first-order valence-electron chi connectivity index (χ1n) is 7.74. The summed E-state index contributed by atoms with van der Waals surface area (Å²) in [6.07, 6.45) is 8.22. The van der Waals surface area contributed by atoms with Gasteiger partial charge in [0, 0.05) is 13.7 Å². The summed E-state index contributed by atoms with van der Waals surface area (Å²) in [6.45, 7) is 5.19. The van der Waals surface area contributed by atoms with Gasteiger partial charge in [0.1, 0.15) is 0 Å². The van der Waals surface area contributed by atoms with Gasteiger partial charge in [0.2, 0.25) is 0 Å². The van der Waals surface area contributed by atoms with Gasteiger partial charge >= 0.3 is 0 Å². The molecule has 3 N–H and O–H groups in total. The van der Waals surface area contributed by atoms with Crippen molar-refractivity contribution in [1.82, 2.24) is 5.43 Å². The summed E-state index contributed by atoms with van der Waals surface area (Å²) in [7, 11) is 1.79. The van der Waals surface area contributed by atoms with Crippen LogP contribution in [0.4, 0.5) is 0 Å². The third-order valence-electron chi connectivity index (χ3n) is 5.52. The van der Waals surface area contributed by atoms with E-state index < -0.39 is 0 Å². The standard InChI is InChI=1S/C15H30N2O2/c1-4-14(2,18-3)13(17-16)12-7-10-19-15(11-12)8-5-6-9-15/h12-13,17H,4-11,16H2,1-3H3. The topological polar surface area (TPSA) is 56.5 Å². The second-order valence-electron chi connectivity index (χ2n) is 6.51. The predicted molar refractivity (Wildman–Crippen MR) is 76.7 cm³/mol. The van der Waals surface area contributed by atoms with Crippen LogP contribution in [0.25, 0.3) is 0 Å². The fourth-order valence-corrected chi connectivity index (χ4v) is 4.02. The highest BCUT2D eigenvalue weighted by atomic mass is 16.5. The number of ether oxygens (including phenoxy) is 2. The molecule has 3 atom stereocenters. The van der Waals surface area contributed by atoms with E-state index in [9.17, 15) is 0 Å². The minimum Gasteiger partial charge on any atom is -0.377 e. The van der Waals surface area contributed by atoms with Crippen molar-refractivity contribution in [3.8, 4) is 0 Å². The van der Waals surface area contributed by atoms with E-state index in [1.807, 2.05) is 0 Å². The molecule has 2 rings (SSSR count). The Kier molecular flexibility index (Phi) is 4.88. The average molecular weight is 270 g/mol. The summed E-state index contributed by atoms with van der Waals surface area (Å²) in [6, 6.07) is 0.198. The molecular formula is C15H30N2O2. The fourth-order valence-electron chi connectivity index (χ4n) is 4.02. The van der Waals surface area contributed by atoms with E-state index in [0.717, 1.165) is 25.9 Å². The van der Waals surface area contributed by atoms with Crippen LogP contribution < -0.4 is 11.3 Å². The maximum Gasteiger partial charge on any atom is 0.0816 e. The van der Waals surface area contributed by atoms with Gasteiger partial charge in [-0.1, -0.05) is 19.8 Å². The zero-order valence-corrected chi connectivity index (χ0v) is 12.7. The van der Waals surface area contributed by atoms with E-state index in [4.69, 9.17) is 15.3 Å². The Hall–Kier alpha value is -0.160. The number of nitrogens with two attached hydrogens (primary N) is 1. The van der Waals surface area contributed by atoms with Crippen LogP contribution in [-0.2, 0) is 9.47 Å². The Morgan fingerprint density at radius 1 is 1.47 bits per heavy atom. The van der Waals surface area contributed by atoms with Gasteiger partial charge in [-0.15, -0.1) is 0 Å². The molecule has 0 aromatic heterocycles. The van der Waals surface area contributed by atoms with Gasteiger partial charge in [-0.3, -0.25) is 11.3 Å². The zero-order valence-electron chi connectivity index (χ0n) is 12.7. The molecular weight excluding hydrogens is 240 g/mol. The molecule has 0 amide bonds. The van der Waals surface area contributed by atoms with Gasteiger partial charge in [0.15, 0.2) is 0 Å². The zero-order chi connectivity index (χ0) is 13.9. The second kappa shape index (κ2) is 6.08. The lowest BCUT2D eigenvalue weighted by atomic mass is 9.75. The van der Waals surface area contributed by atoms with Crippen molar-refractivity contribution in [3.05, 3.63) is 0 Å². The normalized spacial score (nSPS) is 31.3. The number of nitrogens with one attached hydrogen (secondary N) is 1. The van der Waals surface area contributed by atoms with Crippen molar-refractivity contribution in [2.45, 2.75) is 76.0 Å². The van der Waals surface area contributed by atoms with Crippen molar-refractivity contribution in [2.75, 3.05) is 13.7 Å². The molecule has 1 saturated carbocycles. The fraction of sp³-hybridized carbons (Fsp3) is 1.00. The van der Waals surface area contributed by atoms with Gasteiger partial charge in [-0.2, -0.15) is 0 Å². The minimum absolute atomic E-state index is 0.139. The number of hydrogen-bond donors (Lipinski definition) is 2. The Bertz CT molecular complexity index is 286. The highest BCUT2D eigenvalue weighted by Crippen LogP contribution is 2.44. The highest BCUT2D eigenvalue weighted by Gasteiger charge is 2.46. The quantitative estimate of drug-likeness (QED) is 0.595. The summed E-state index contributed by atoms with van der Waals surface area (Å²) < 4.78 is 11.9. The maximum atomic E-state index is 6.12. The Balaban J connectivity index is 2.10. The van der Waals surface area contributed by atoms with E-state index in [-0.39, 0.29) is 17.2 Å². The number of hydrazine groups is 1. The molecule has 2 aliphatic rings. The van der Waals surface area contributed by atoms with Crippen LogP contribution >= 0.6 is 0 Å². The van der Waals surface area contributed by atoms with Gasteiger partial charge in [0.25, 0.3) is 0 Å². The van der Waals surface area contributed by atoms with Crippen molar-refractivity contribution in [1.29, 1.82) is 0 Å². The lowest BCUT2D eigenvalue weighted by molar-refractivity contribution is -0.121. The van der Waals surface area contributed by atoms with Crippen LogP contribution in [0.3, 0.4) is 0 Å². The van der Waals surface area contributed by atoms with Crippen molar-refractivity contribution in [2.24, 2.45) is 11.8 Å². The van der Waals surface area contributed by atoms with Crippen LogP contribution in [0.15, 0.2) is 0 Å². The largest absolute Gasteiger partial charge is 0.377 e. The van der Waals surface area contributed by atoms with Crippen molar-refractivity contribution >= 4 is 0 Å². The van der Waals surface area contributed by atoms with Crippen molar-refractivity contribution in [3.63, 3.8) is 0 Å². The predicted octanol–water partition coefficient (Wildman–Crippen LogP) is 2.37. The van der Waals surface area contributed by atoms with Gasteiger partial charge in [-0.25, -0.2) is 0 Å². The molecule has 112 valence electrons. The Morgan fingerprint density at radius 2 is 2.16 bits per heavy atom. The second-order valence-corrected chi connectivity index (χ2v) is 6.51. The smallest absolute Gasteiger partial charge is 0.0816 e. The number of methoxy groups -OCH3 is 1. The van der Waals surface area contributed by atoms with Crippen LogP contribution in [0.1, 0.15) is 58.8 Å². The van der Waals surface area contributed by atoms with E-state index in [0.29, 0.717) is 5.92 Å². The molecule has 2 fully saturated rings. The number of rotatable bonds is 5. The lowest BCUT2D eigenvalue weighted by Crippen LogP contribution is -2.58. The molecule has 0 aromatic rings. The molecule has 3 unspecified atom stereocenters. The minimum atomic E-state index is -0.198. The first-order chi connectivity index (χ1) is 9.09. The van der Waals surface area contributed by atoms with E-state index in [1.54, 1.807) is 7.11 Å². The maximum absolute atomic E-state index is 6.12. The molecule has 4 nitrogen and oxygen atoms in total. The summed E-state index contributed by atoms with van der Waals surface area (Å²) in [5, 5.41) is 0. The van der Waals surface area contributed by atoms with E-state index >= 15 is 0 Å². The van der Waals surface area contributed by atoms with Gasteiger partial charge in [-0.05, 0) is 44.9 Å². The SMILES string of the molecule is CCC(C)(OC)C(NN)C1CCOC2(CCCC2)C1. The molecule has 1 aliphatic carbocycles. The molecule has 1 spiro atoms. The lowest BCUT2D eigenvalue weighted by Gasteiger charge is -2.46. The summed E-state index contributed by atoms with van der Waals surface area (Å²) >= 11 is 0. The summed E-state index contributed by atoms with van der Waals surface area (Å²) in [5.74, 6) is 6.40. The number of hydrogen-bond acceptors (Lipinski definition) is 4. The van der Waals surface area contributed by atoms with Gasteiger partial charge < -0.3 is 9.47 Å². The highest BCUT2D eigenvalue weighted by molar-refractivity contribution is 4.99. The first-order valence-corrected chi connectivity index (χ1v) is 7.74. The van der Waals surface area contributed by atoms with E-state index in [2.05, 4.69) is 19.3 Å². The van der Waals surface area contributed by atoms with Crippen LogP contribution in [0, 0.1) is 5.92 Å². The summed E-state index contributed by atoms with van der Waals surface area (Å²) in [5.41, 5.74) is 2.98. The van der Waals surface area contributed by atoms with Crippen LogP contribution in [0.2, 0.25) is 0 Å².